The molecule has 1 saturated carbocycles. The largest absolute Gasteiger partial charge is 0.354 e. The summed E-state index contributed by atoms with van der Waals surface area (Å²) in [6.07, 6.45) is 9.95. The van der Waals surface area contributed by atoms with Crippen LogP contribution in [0, 0.1) is 6.92 Å². The van der Waals surface area contributed by atoms with Crippen LogP contribution in [0.1, 0.15) is 56.7 Å². The van der Waals surface area contributed by atoms with Crippen molar-refractivity contribution in [3.63, 3.8) is 0 Å². The molecule has 0 radical (unpaired) electrons. The summed E-state index contributed by atoms with van der Waals surface area (Å²) in [7, 11) is -2.89. The van der Waals surface area contributed by atoms with Crippen LogP contribution < -0.4 is 5.32 Å². The molecule has 1 aromatic rings. The Bertz CT molecular complexity index is 588. The van der Waals surface area contributed by atoms with E-state index in [1.165, 1.54) is 32.1 Å². The van der Waals surface area contributed by atoms with Gasteiger partial charge in [-0.05, 0) is 32.6 Å². The molecule has 1 N–H and O–H groups in total. The van der Waals surface area contributed by atoms with Crippen molar-refractivity contribution in [2.24, 2.45) is 0 Å². The average molecular weight is 311 g/mol. The molecule has 1 saturated heterocycles. The Hall–Kier alpha value is -1.04. The van der Waals surface area contributed by atoms with E-state index in [1.807, 2.05) is 6.92 Å². The standard InChI is InChI=1S/C15H25N3O2S/c1-12-11-18(13-6-3-2-4-7-13)15(17-12)16-10-14-8-5-9-21(14,19)20/h11,13-14H,2-10H2,1H3,(H,16,17). The van der Waals surface area contributed by atoms with Crippen molar-refractivity contribution in [3.8, 4) is 0 Å². The Balaban J connectivity index is 1.70. The summed E-state index contributed by atoms with van der Waals surface area (Å²) >= 11 is 0. The van der Waals surface area contributed by atoms with E-state index in [4.69, 9.17) is 0 Å². The zero-order chi connectivity index (χ0) is 14.9. The Labute approximate surface area is 127 Å². The second-order valence-electron chi connectivity index (χ2n) is 6.42. The minimum atomic E-state index is -2.89. The van der Waals surface area contributed by atoms with Crippen LogP contribution in [0.3, 0.4) is 0 Å². The summed E-state index contributed by atoms with van der Waals surface area (Å²) in [6, 6.07) is 0.516. The minimum Gasteiger partial charge on any atom is -0.354 e. The van der Waals surface area contributed by atoms with Crippen molar-refractivity contribution in [1.29, 1.82) is 0 Å². The lowest BCUT2D eigenvalue weighted by atomic mass is 9.95. The van der Waals surface area contributed by atoms with Gasteiger partial charge in [-0.1, -0.05) is 19.3 Å². The van der Waals surface area contributed by atoms with Gasteiger partial charge in [-0.25, -0.2) is 13.4 Å². The van der Waals surface area contributed by atoms with Gasteiger partial charge in [0.1, 0.15) is 0 Å². The fraction of sp³-hybridized carbons (Fsp3) is 0.800. The quantitative estimate of drug-likeness (QED) is 0.928. The van der Waals surface area contributed by atoms with E-state index in [-0.39, 0.29) is 5.25 Å². The number of imidazole rings is 1. The van der Waals surface area contributed by atoms with Gasteiger partial charge in [0.05, 0.1) is 16.7 Å². The molecule has 1 atom stereocenters. The van der Waals surface area contributed by atoms with Gasteiger partial charge in [-0.2, -0.15) is 0 Å². The van der Waals surface area contributed by atoms with Gasteiger partial charge in [-0.3, -0.25) is 0 Å². The van der Waals surface area contributed by atoms with Crippen LogP contribution in [0.2, 0.25) is 0 Å². The molecule has 0 spiro atoms. The minimum absolute atomic E-state index is 0.241. The molecule has 1 aliphatic heterocycles. The third kappa shape index (κ3) is 3.25. The van der Waals surface area contributed by atoms with Crippen molar-refractivity contribution in [1.82, 2.24) is 9.55 Å². The third-order valence-corrected chi connectivity index (χ3v) is 7.05. The van der Waals surface area contributed by atoms with Crippen LogP contribution >= 0.6 is 0 Å². The molecule has 2 fully saturated rings. The molecule has 1 unspecified atom stereocenters. The van der Waals surface area contributed by atoms with Gasteiger partial charge >= 0.3 is 0 Å². The van der Waals surface area contributed by atoms with Crippen LogP contribution in [-0.4, -0.2) is 35.5 Å². The molecular formula is C15H25N3O2S. The number of aromatic nitrogens is 2. The number of rotatable bonds is 4. The normalized spacial score (nSPS) is 26.0. The molecule has 1 aliphatic carbocycles. The number of sulfone groups is 1. The third-order valence-electron chi connectivity index (χ3n) is 4.77. The predicted molar refractivity (Wildman–Crippen MR) is 84.4 cm³/mol. The molecule has 2 heterocycles. The number of anilines is 1. The lowest BCUT2D eigenvalue weighted by Gasteiger charge is -2.25. The van der Waals surface area contributed by atoms with Crippen molar-refractivity contribution < 1.29 is 8.42 Å². The van der Waals surface area contributed by atoms with Crippen LogP contribution in [0.25, 0.3) is 0 Å². The molecule has 3 rings (SSSR count). The molecule has 2 aliphatic rings. The molecule has 0 amide bonds. The summed E-state index contributed by atoms with van der Waals surface area (Å²) in [5, 5.41) is 3.06. The van der Waals surface area contributed by atoms with Crippen molar-refractivity contribution >= 4 is 15.8 Å². The van der Waals surface area contributed by atoms with Gasteiger partial charge < -0.3 is 9.88 Å². The van der Waals surface area contributed by atoms with Crippen LogP contribution in [0.4, 0.5) is 5.95 Å². The maximum atomic E-state index is 11.9. The van der Waals surface area contributed by atoms with E-state index in [1.54, 1.807) is 0 Å². The monoisotopic (exact) mass is 311 g/mol. The average Bonchev–Trinajstić information content (AvgIpc) is 2.99. The van der Waals surface area contributed by atoms with Crippen LogP contribution in [-0.2, 0) is 9.84 Å². The number of nitrogens with one attached hydrogen (secondary N) is 1. The van der Waals surface area contributed by atoms with E-state index in [0.29, 0.717) is 18.3 Å². The first-order valence-corrected chi connectivity index (χ1v) is 9.79. The Morgan fingerprint density at radius 2 is 2.00 bits per heavy atom. The van der Waals surface area contributed by atoms with Gasteiger partial charge in [0.15, 0.2) is 9.84 Å². The van der Waals surface area contributed by atoms with Gasteiger partial charge in [-0.15, -0.1) is 0 Å². The van der Waals surface area contributed by atoms with Crippen molar-refractivity contribution in [2.45, 2.75) is 63.2 Å². The first kappa shape index (κ1) is 14.9. The van der Waals surface area contributed by atoms with Gasteiger partial charge in [0.25, 0.3) is 0 Å². The Kier molecular flexibility index (Phi) is 4.24. The highest BCUT2D eigenvalue weighted by atomic mass is 32.2. The van der Waals surface area contributed by atoms with Gasteiger partial charge in [0, 0.05) is 18.8 Å². The second-order valence-corrected chi connectivity index (χ2v) is 8.82. The highest BCUT2D eigenvalue weighted by Crippen LogP contribution is 2.31. The highest BCUT2D eigenvalue weighted by molar-refractivity contribution is 7.92. The maximum Gasteiger partial charge on any atom is 0.203 e. The first-order valence-electron chi connectivity index (χ1n) is 8.07. The summed E-state index contributed by atoms with van der Waals surface area (Å²) in [4.78, 5) is 4.55. The Morgan fingerprint density at radius 3 is 2.67 bits per heavy atom. The van der Waals surface area contributed by atoms with E-state index >= 15 is 0 Å². The fourth-order valence-corrected chi connectivity index (χ4v) is 5.34. The fourth-order valence-electron chi connectivity index (χ4n) is 3.58. The lowest BCUT2D eigenvalue weighted by molar-refractivity contribution is 0.355. The summed E-state index contributed by atoms with van der Waals surface area (Å²) in [5.74, 6) is 1.19. The summed E-state index contributed by atoms with van der Waals surface area (Å²) in [6.45, 7) is 2.49. The van der Waals surface area contributed by atoms with Gasteiger partial charge in [0.2, 0.25) is 5.95 Å². The van der Waals surface area contributed by atoms with E-state index in [9.17, 15) is 8.42 Å². The molecule has 5 nitrogen and oxygen atoms in total. The summed E-state index contributed by atoms with van der Waals surface area (Å²) in [5.41, 5.74) is 0.998. The second kappa shape index (κ2) is 5.99. The number of hydrogen-bond donors (Lipinski definition) is 1. The van der Waals surface area contributed by atoms with E-state index in [2.05, 4.69) is 21.1 Å². The van der Waals surface area contributed by atoms with Crippen LogP contribution in [0.5, 0.6) is 0 Å². The van der Waals surface area contributed by atoms with Crippen molar-refractivity contribution in [2.75, 3.05) is 17.6 Å². The number of nitrogens with zero attached hydrogens (tertiary/aromatic N) is 2. The first-order chi connectivity index (χ1) is 10.1. The highest BCUT2D eigenvalue weighted by Gasteiger charge is 2.31. The maximum absolute atomic E-state index is 11.9. The predicted octanol–water partition coefficient (Wildman–Crippen LogP) is 2.69. The number of hydrogen-bond acceptors (Lipinski definition) is 4. The molecule has 21 heavy (non-hydrogen) atoms. The molecular weight excluding hydrogens is 286 g/mol. The zero-order valence-electron chi connectivity index (χ0n) is 12.7. The smallest absolute Gasteiger partial charge is 0.203 e. The van der Waals surface area contributed by atoms with E-state index in [0.717, 1.165) is 24.5 Å². The molecule has 118 valence electrons. The zero-order valence-corrected chi connectivity index (χ0v) is 13.5. The van der Waals surface area contributed by atoms with Crippen molar-refractivity contribution in [3.05, 3.63) is 11.9 Å². The molecule has 1 aromatic heterocycles. The van der Waals surface area contributed by atoms with E-state index < -0.39 is 9.84 Å². The lowest BCUT2D eigenvalue weighted by Crippen LogP contribution is -2.26. The molecule has 0 bridgehead atoms. The topological polar surface area (TPSA) is 64.0 Å². The van der Waals surface area contributed by atoms with Crippen LogP contribution in [0.15, 0.2) is 6.20 Å². The SMILES string of the molecule is Cc1cn(C2CCCCC2)c(NCC2CCCS2(=O)=O)n1. The molecule has 0 aromatic carbocycles. The Morgan fingerprint density at radius 1 is 1.24 bits per heavy atom. The summed E-state index contributed by atoms with van der Waals surface area (Å²) < 4.78 is 26.0. The molecule has 6 heteroatoms. The number of aryl methyl sites for hydroxylation is 1.